The standard InChI is InChI=1S/C14H19N5O4/c20-13(7-1-3-15-4-2-7)17-12-9-5-8(9)11(19(12)14(21)22)10-6-16-18-23-10/h6-9,11-12,15H,1-5H2,(H,17,20)(H,21,22). The molecule has 9 nitrogen and oxygen atoms in total. The Morgan fingerprint density at radius 2 is 2.13 bits per heavy atom. The number of rotatable bonds is 3. The van der Waals surface area contributed by atoms with Crippen molar-refractivity contribution in [2.75, 3.05) is 13.1 Å². The zero-order valence-corrected chi connectivity index (χ0v) is 12.5. The van der Waals surface area contributed by atoms with Crippen LogP contribution in [0.1, 0.15) is 31.1 Å². The molecule has 0 radical (unpaired) electrons. The summed E-state index contributed by atoms with van der Waals surface area (Å²) in [5.41, 5.74) is 0. The smallest absolute Gasteiger partial charge is 0.409 e. The molecule has 0 spiro atoms. The van der Waals surface area contributed by atoms with Crippen LogP contribution >= 0.6 is 0 Å². The molecule has 2 saturated heterocycles. The lowest BCUT2D eigenvalue weighted by molar-refractivity contribution is -0.127. The Bertz CT molecular complexity index is 600. The normalized spacial score (nSPS) is 33.3. The topological polar surface area (TPSA) is 121 Å². The van der Waals surface area contributed by atoms with Gasteiger partial charge >= 0.3 is 6.09 Å². The molecule has 3 fully saturated rings. The SMILES string of the molecule is O=C(NC1C2CC2C(c2cnno2)N1C(=O)O)C1CCNCC1. The number of aromatic nitrogens is 2. The summed E-state index contributed by atoms with van der Waals surface area (Å²) in [5.74, 6) is 0.657. The largest absolute Gasteiger partial charge is 0.465 e. The molecule has 3 heterocycles. The molecular weight excluding hydrogens is 302 g/mol. The Kier molecular flexibility index (Phi) is 3.44. The summed E-state index contributed by atoms with van der Waals surface area (Å²) < 4.78 is 5.08. The minimum Gasteiger partial charge on any atom is -0.465 e. The minimum absolute atomic E-state index is 0.0462. The van der Waals surface area contributed by atoms with Gasteiger partial charge in [-0.15, -0.1) is 5.10 Å². The molecular formula is C14H19N5O4. The van der Waals surface area contributed by atoms with Crippen LogP contribution in [0.4, 0.5) is 4.79 Å². The number of likely N-dealkylation sites (tertiary alicyclic amines) is 1. The maximum atomic E-state index is 12.5. The van der Waals surface area contributed by atoms with E-state index in [1.54, 1.807) is 0 Å². The monoisotopic (exact) mass is 321 g/mol. The van der Waals surface area contributed by atoms with Gasteiger partial charge in [0.25, 0.3) is 0 Å². The van der Waals surface area contributed by atoms with E-state index in [1.807, 2.05) is 0 Å². The third-order valence-electron chi connectivity index (χ3n) is 5.19. The van der Waals surface area contributed by atoms with E-state index >= 15 is 0 Å². The molecule has 9 heteroatoms. The average molecular weight is 321 g/mol. The van der Waals surface area contributed by atoms with Crippen LogP contribution in [-0.4, -0.2) is 51.6 Å². The van der Waals surface area contributed by atoms with Crippen LogP contribution in [0.25, 0.3) is 0 Å². The van der Waals surface area contributed by atoms with Crippen LogP contribution in [0.15, 0.2) is 10.7 Å². The lowest BCUT2D eigenvalue weighted by Gasteiger charge is -2.31. The number of carbonyl (C=O) groups excluding carboxylic acids is 1. The molecule has 2 aliphatic heterocycles. The van der Waals surface area contributed by atoms with Crippen LogP contribution in [0.3, 0.4) is 0 Å². The van der Waals surface area contributed by atoms with Crippen molar-refractivity contribution in [3.63, 3.8) is 0 Å². The van der Waals surface area contributed by atoms with Crippen molar-refractivity contribution in [1.29, 1.82) is 0 Å². The molecule has 3 aliphatic rings. The second kappa shape index (κ2) is 5.48. The highest BCUT2D eigenvalue weighted by atomic mass is 16.5. The van der Waals surface area contributed by atoms with E-state index in [4.69, 9.17) is 4.52 Å². The highest BCUT2D eigenvalue weighted by Crippen LogP contribution is 2.59. The van der Waals surface area contributed by atoms with Crippen molar-refractivity contribution >= 4 is 12.0 Å². The highest BCUT2D eigenvalue weighted by molar-refractivity contribution is 5.80. The first kappa shape index (κ1) is 14.4. The van der Waals surface area contributed by atoms with Crippen molar-refractivity contribution in [3.05, 3.63) is 12.0 Å². The van der Waals surface area contributed by atoms with Gasteiger partial charge < -0.3 is 20.3 Å². The number of nitrogens with one attached hydrogen (secondary N) is 2. The number of piperidine rings is 2. The number of carboxylic acid groups (broad SMARTS) is 1. The van der Waals surface area contributed by atoms with Gasteiger partial charge in [0.1, 0.15) is 12.2 Å². The van der Waals surface area contributed by atoms with Gasteiger partial charge in [0.2, 0.25) is 5.91 Å². The summed E-state index contributed by atoms with van der Waals surface area (Å²) in [5, 5.41) is 22.9. The lowest BCUT2D eigenvalue weighted by atomic mass is 9.97. The van der Waals surface area contributed by atoms with Crippen molar-refractivity contribution in [3.8, 4) is 0 Å². The molecule has 3 N–H and O–H groups in total. The van der Waals surface area contributed by atoms with E-state index in [0.29, 0.717) is 5.76 Å². The summed E-state index contributed by atoms with van der Waals surface area (Å²) in [6.07, 6.45) is 2.35. The van der Waals surface area contributed by atoms with Crippen LogP contribution in [0.2, 0.25) is 0 Å². The molecule has 23 heavy (non-hydrogen) atoms. The molecule has 0 aromatic carbocycles. The molecule has 1 aliphatic carbocycles. The fourth-order valence-corrected chi connectivity index (χ4v) is 3.96. The Morgan fingerprint density at radius 3 is 2.78 bits per heavy atom. The second-order valence-corrected chi connectivity index (χ2v) is 6.50. The van der Waals surface area contributed by atoms with E-state index in [-0.39, 0.29) is 23.7 Å². The van der Waals surface area contributed by atoms with Gasteiger partial charge in [-0.2, -0.15) is 0 Å². The minimum atomic E-state index is -1.06. The van der Waals surface area contributed by atoms with Gasteiger partial charge in [-0.25, -0.2) is 4.79 Å². The van der Waals surface area contributed by atoms with Crippen molar-refractivity contribution in [2.45, 2.75) is 31.5 Å². The molecule has 124 valence electrons. The van der Waals surface area contributed by atoms with Gasteiger partial charge in [-0.1, -0.05) is 0 Å². The Balaban J connectivity index is 1.51. The Hall–Kier alpha value is -2.16. The number of hydrogen-bond acceptors (Lipinski definition) is 6. The summed E-state index contributed by atoms with van der Waals surface area (Å²) in [6.45, 7) is 1.65. The Labute approximate surface area is 132 Å². The van der Waals surface area contributed by atoms with Gasteiger partial charge in [0, 0.05) is 17.1 Å². The van der Waals surface area contributed by atoms with Crippen LogP contribution in [0.5, 0.6) is 0 Å². The van der Waals surface area contributed by atoms with Crippen molar-refractivity contribution < 1.29 is 19.2 Å². The number of fused-ring (bicyclic) bond motifs is 1. The third kappa shape index (κ3) is 2.44. The Morgan fingerprint density at radius 1 is 1.35 bits per heavy atom. The number of nitrogens with zero attached hydrogens (tertiary/aromatic N) is 3. The van der Waals surface area contributed by atoms with E-state index in [0.717, 1.165) is 32.4 Å². The summed E-state index contributed by atoms with van der Waals surface area (Å²) in [7, 11) is 0. The van der Waals surface area contributed by atoms with Crippen LogP contribution < -0.4 is 10.6 Å². The van der Waals surface area contributed by atoms with E-state index in [1.165, 1.54) is 11.1 Å². The summed E-state index contributed by atoms with van der Waals surface area (Å²) >= 11 is 0. The molecule has 4 rings (SSSR count). The van der Waals surface area contributed by atoms with Crippen molar-refractivity contribution in [1.82, 2.24) is 25.9 Å². The molecule has 0 bridgehead atoms. The molecule has 2 amide bonds. The second-order valence-electron chi connectivity index (χ2n) is 6.50. The maximum absolute atomic E-state index is 12.5. The fraction of sp³-hybridized carbons (Fsp3) is 0.714. The summed E-state index contributed by atoms with van der Waals surface area (Å²) in [4.78, 5) is 25.5. The molecule has 4 unspecified atom stereocenters. The van der Waals surface area contributed by atoms with E-state index < -0.39 is 18.3 Å². The number of amides is 2. The zero-order valence-electron chi connectivity index (χ0n) is 12.5. The van der Waals surface area contributed by atoms with E-state index in [9.17, 15) is 14.7 Å². The molecule has 1 saturated carbocycles. The first-order valence-corrected chi connectivity index (χ1v) is 7.96. The van der Waals surface area contributed by atoms with Gasteiger partial charge in [-0.05, 0) is 38.3 Å². The average Bonchev–Trinajstić information content (AvgIpc) is 3.01. The maximum Gasteiger partial charge on any atom is 0.409 e. The van der Waals surface area contributed by atoms with Crippen LogP contribution in [-0.2, 0) is 4.79 Å². The quantitative estimate of drug-likeness (QED) is 0.726. The third-order valence-corrected chi connectivity index (χ3v) is 5.19. The number of carbonyl (C=O) groups is 2. The first-order chi connectivity index (χ1) is 11.2. The van der Waals surface area contributed by atoms with Gasteiger partial charge in [0.05, 0.1) is 6.20 Å². The summed E-state index contributed by atoms with van der Waals surface area (Å²) in [6, 6.07) is -0.411. The predicted molar refractivity (Wildman–Crippen MR) is 76.0 cm³/mol. The van der Waals surface area contributed by atoms with Crippen LogP contribution in [0, 0.1) is 17.8 Å². The predicted octanol–water partition coefficient (Wildman–Crippen LogP) is 0.182. The molecule has 1 aromatic heterocycles. The number of hydrogen-bond donors (Lipinski definition) is 3. The van der Waals surface area contributed by atoms with Gasteiger partial charge in [0.15, 0.2) is 5.76 Å². The van der Waals surface area contributed by atoms with E-state index in [2.05, 4.69) is 21.0 Å². The fourth-order valence-electron chi connectivity index (χ4n) is 3.96. The first-order valence-electron chi connectivity index (χ1n) is 7.96. The molecule has 1 aromatic rings. The lowest BCUT2D eigenvalue weighted by Crippen LogP contribution is -2.52. The van der Waals surface area contributed by atoms with Gasteiger partial charge in [-0.3, -0.25) is 9.69 Å². The zero-order chi connectivity index (χ0) is 16.0. The highest BCUT2D eigenvalue weighted by Gasteiger charge is 2.62. The van der Waals surface area contributed by atoms with Crippen molar-refractivity contribution in [2.24, 2.45) is 17.8 Å². The molecule has 4 atom stereocenters.